The van der Waals surface area contributed by atoms with E-state index in [0.29, 0.717) is 0 Å². The first-order chi connectivity index (χ1) is 7.43. The molecule has 0 aromatic heterocycles. The quantitative estimate of drug-likeness (QED) is 0.634. The van der Waals surface area contributed by atoms with Gasteiger partial charge in [-0.05, 0) is 49.9 Å². The average molecular weight is 224 g/mol. The minimum absolute atomic E-state index is 0.657. The molecule has 0 N–H and O–H groups in total. The van der Waals surface area contributed by atoms with Gasteiger partial charge in [-0.3, -0.25) is 0 Å². The molecular weight excluding hydrogens is 204 g/mol. The summed E-state index contributed by atoms with van der Waals surface area (Å²) in [6.45, 7) is 8.67. The van der Waals surface area contributed by atoms with E-state index in [2.05, 4.69) is 49.3 Å². The first-order valence-electron chi connectivity index (χ1n) is 5.09. The van der Waals surface area contributed by atoms with Crippen LogP contribution in [0.1, 0.15) is 22.3 Å². The molecular formula is C13H20O3. The Hall–Kier alpha value is -1.51. The monoisotopic (exact) mass is 224 g/mol. The number of carbonyl (C=O) groups excluding carboxylic acids is 1. The highest BCUT2D eigenvalue weighted by Crippen LogP contribution is 2.15. The van der Waals surface area contributed by atoms with E-state index in [1.165, 1.54) is 36.5 Å². The van der Waals surface area contributed by atoms with Crippen LogP contribution in [0.3, 0.4) is 0 Å². The Labute approximate surface area is 97.4 Å². The van der Waals surface area contributed by atoms with Gasteiger partial charge in [-0.15, -0.1) is 0 Å². The maximum Gasteiger partial charge on any atom is 0.507 e. The molecule has 0 heterocycles. The summed E-state index contributed by atoms with van der Waals surface area (Å²) in [7, 11) is 2.51. The van der Waals surface area contributed by atoms with Crippen molar-refractivity contribution in [2.24, 2.45) is 0 Å². The molecule has 1 aromatic carbocycles. The summed E-state index contributed by atoms with van der Waals surface area (Å²) in [4.78, 5) is 9.74. The van der Waals surface area contributed by atoms with Crippen molar-refractivity contribution in [1.29, 1.82) is 0 Å². The molecule has 0 amide bonds. The molecule has 0 aliphatic carbocycles. The van der Waals surface area contributed by atoms with Crippen LogP contribution in [0.25, 0.3) is 0 Å². The van der Waals surface area contributed by atoms with Crippen LogP contribution in [0.4, 0.5) is 4.79 Å². The number of aryl methyl sites for hydroxylation is 2. The lowest BCUT2D eigenvalue weighted by atomic mass is 10.0. The summed E-state index contributed by atoms with van der Waals surface area (Å²) in [6.07, 6.45) is -0.657. The van der Waals surface area contributed by atoms with E-state index in [-0.39, 0.29) is 0 Å². The third kappa shape index (κ3) is 4.34. The third-order valence-corrected chi connectivity index (χ3v) is 2.66. The van der Waals surface area contributed by atoms with Gasteiger partial charge < -0.3 is 9.47 Å². The molecule has 1 rings (SSSR count). The molecule has 0 aliphatic heterocycles. The van der Waals surface area contributed by atoms with Gasteiger partial charge in [0, 0.05) is 0 Å². The summed E-state index contributed by atoms with van der Waals surface area (Å²) in [6, 6.07) is 4.36. The molecule has 0 aliphatic rings. The summed E-state index contributed by atoms with van der Waals surface area (Å²) < 4.78 is 8.08. The Bertz CT molecular complexity index is 323. The second-order valence-corrected chi connectivity index (χ2v) is 3.61. The van der Waals surface area contributed by atoms with E-state index in [1.807, 2.05) is 0 Å². The molecule has 0 saturated heterocycles. The van der Waals surface area contributed by atoms with Crippen LogP contribution in [0.15, 0.2) is 12.1 Å². The molecule has 0 bridgehead atoms. The Morgan fingerprint density at radius 1 is 0.875 bits per heavy atom. The van der Waals surface area contributed by atoms with Gasteiger partial charge in [0.15, 0.2) is 0 Å². The van der Waals surface area contributed by atoms with E-state index in [9.17, 15) is 4.79 Å². The average Bonchev–Trinajstić information content (AvgIpc) is 2.31. The van der Waals surface area contributed by atoms with Gasteiger partial charge in [0.05, 0.1) is 14.2 Å². The lowest BCUT2D eigenvalue weighted by Crippen LogP contribution is -1.97. The fourth-order valence-electron chi connectivity index (χ4n) is 1.17. The van der Waals surface area contributed by atoms with Crippen molar-refractivity contribution in [3.8, 4) is 0 Å². The van der Waals surface area contributed by atoms with Gasteiger partial charge >= 0.3 is 6.16 Å². The number of hydrogen-bond donors (Lipinski definition) is 0. The zero-order chi connectivity index (χ0) is 12.7. The number of methoxy groups -OCH3 is 2. The normalized spacial score (nSPS) is 8.88. The van der Waals surface area contributed by atoms with Gasteiger partial charge in [0.2, 0.25) is 0 Å². The highest BCUT2D eigenvalue weighted by molar-refractivity contribution is 5.59. The van der Waals surface area contributed by atoms with Crippen LogP contribution in [0.5, 0.6) is 0 Å². The van der Waals surface area contributed by atoms with Crippen LogP contribution < -0.4 is 0 Å². The fraction of sp³-hybridized carbons (Fsp3) is 0.462. The number of ether oxygens (including phenoxy) is 2. The third-order valence-electron chi connectivity index (χ3n) is 2.66. The molecule has 0 radical (unpaired) electrons. The molecule has 90 valence electrons. The molecule has 0 spiro atoms. The highest BCUT2D eigenvalue weighted by atomic mass is 16.7. The molecule has 3 nitrogen and oxygen atoms in total. The largest absolute Gasteiger partial charge is 0.507 e. The SMILES string of the molecule is COC(=O)OC.Cc1ccc(C)c(C)c1C. The van der Waals surface area contributed by atoms with E-state index in [4.69, 9.17) is 0 Å². The minimum atomic E-state index is -0.657. The second kappa shape index (κ2) is 6.88. The first kappa shape index (κ1) is 14.5. The molecule has 3 heteroatoms. The zero-order valence-corrected chi connectivity index (χ0v) is 10.9. The van der Waals surface area contributed by atoms with Crippen molar-refractivity contribution in [2.45, 2.75) is 27.7 Å². The molecule has 0 unspecified atom stereocenters. The number of carbonyl (C=O) groups is 1. The molecule has 16 heavy (non-hydrogen) atoms. The van der Waals surface area contributed by atoms with Crippen LogP contribution in [0.2, 0.25) is 0 Å². The maximum absolute atomic E-state index is 9.74. The number of benzene rings is 1. The predicted molar refractivity (Wildman–Crippen MR) is 64.8 cm³/mol. The van der Waals surface area contributed by atoms with Crippen molar-refractivity contribution < 1.29 is 14.3 Å². The van der Waals surface area contributed by atoms with Crippen molar-refractivity contribution in [1.82, 2.24) is 0 Å². The van der Waals surface area contributed by atoms with Crippen molar-refractivity contribution >= 4 is 6.16 Å². The van der Waals surface area contributed by atoms with E-state index in [1.54, 1.807) is 0 Å². The topological polar surface area (TPSA) is 35.5 Å². The number of rotatable bonds is 0. The Kier molecular flexibility index (Phi) is 6.23. The smallest absolute Gasteiger partial charge is 0.438 e. The number of hydrogen-bond acceptors (Lipinski definition) is 3. The van der Waals surface area contributed by atoms with Crippen LogP contribution in [0, 0.1) is 27.7 Å². The van der Waals surface area contributed by atoms with Gasteiger partial charge in [0.25, 0.3) is 0 Å². The Balaban J connectivity index is 0.000000325. The van der Waals surface area contributed by atoms with Crippen LogP contribution in [-0.4, -0.2) is 20.4 Å². The molecule has 0 atom stereocenters. The molecule has 0 saturated carbocycles. The summed E-state index contributed by atoms with van der Waals surface area (Å²) >= 11 is 0. The van der Waals surface area contributed by atoms with Crippen molar-refractivity contribution in [3.05, 3.63) is 34.4 Å². The van der Waals surface area contributed by atoms with Gasteiger partial charge in [-0.1, -0.05) is 12.1 Å². The van der Waals surface area contributed by atoms with E-state index >= 15 is 0 Å². The molecule has 1 aromatic rings. The first-order valence-corrected chi connectivity index (χ1v) is 5.09. The lowest BCUT2D eigenvalue weighted by molar-refractivity contribution is 0.0924. The predicted octanol–water partition coefficient (Wildman–Crippen LogP) is 3.32. The van der Waals surface area contributed by atoms with Gasteiger partial charge in [0.1, 0.15) is 0 Å². The maximum atomic E-state index is 9.74. The van der Waals surface area contributed by atoms with Gasteiger partial charge in [-0.2, -0.15) is 0 Å². The van der Waals surface area contributed by atoms with E-state index < -0.39 is 6.16 Å². The Morgan fingerprint density at radius 3 is 1.38 bits per heavy atom. The van der Waals surface area contributed by atoms with Crippen LogP contribution in [-0.2, 0) is 9.47 Å². The van der Waals surface area contributed by atoms with E-state index in [0.717, 1.165) is 0 Å². The van der Waals surface area contributed by atoms with Crippen molar-refractivity contribution in [3.63, 3.8) is 0 Å². The van der Waals surface area contributed by atoms with Gasteiger partial charge in [-0.25, -0.2) is 4.79 Å². The molecule has 0 fully saturated rings. The van der Waals surface area contributed by atoms with Crippen LogP contribution >= 0.6 is 0 Å². The zero-order valence-electron chi connectivity index (χ0n) is 10.9. The summed E-state index contributed by atoms with van der Waals surface area (Å²) in [5.41, 5.74) is 5.64. The minimum Gasteiger partial charge on any atom is -0.438 e. The Morgan fingerprint density at radius 2 is 1.19 bits per heavy atom. The summed E-state index contributed by atoms with van der Waals surface area (Å²) in [5, 5.41) is 0. The second-order valence-electron chi connectivity index (χ2n) is 3.61. The summed E-state index contributed by atoms with van der Waals surface area (Å²) in [5.74, 6) is 0. The van der Waals surface area contributed by atoms with Crippen molar-refractivity contribution in [2.75, 3.05) is 14.2 Å². The highest BCUT2D eigenvalue weighted by Gasteiger charge is 1.97. The standard InChI is InChI=1S/C10H14.C3H6O3/c1-7-5-6-8(2)10(4)9(7)3;1-5-3(4)6-2/h5-6H,1-4H3;1-2H3. The fourth-order valence-corrected chi connectivity index (χ4v) is 1.17. The lowest BCUT2D eigenvalue weighted by Gasteiger charge is -2.06.